The minimum absolute atomic E-state index is 0.288. The van der Waals surface area contributed by atoms with Gasteiger partial charge in [-0.25, -0.2) is 4.98 Å². The van der Waals surface area contributed by atoms with Crippen LogP contribution in [0.25, 0.3) is 22.6 Å². The molecular weight excluding hydrogens is 262 g/mol. The first kappa shape index (κ1) is 13.7. The molecule has 0 unspecified atom stereocenters. The van der Waals surface area contributed by atoms with E-state index in [-0.39, 0.29) is 5.75 Å². The van der Waals surface area contributed by atoms with Gasteiger partial charge in [-0.15, -0.1) is 0 Å². The molecule has 0 amide bonds. The van der Waals surface area contributed by atoms with Crippen LogP contribution in [0, 0.1) is 0 Å². The molecule has 0 aliphatic rings. The summed E-state index contributed by atoms with van der Waals surface area (Å²) in [6.07, 6.45) is 2.93. The van der Waals surface area contributed by atoms with Crippen LogP contribution in [-0.4, -0.2) is 19.6 Å². The van der Waals surface area contributed by atoms with Gasteiger partial charge in [0.2, 0.25) is 0 Å². The molecule has 2 N–H and O–H groups in total. The van der Waals surface area contributed by atoms with Gasteiger partial charge in [0.25, 0.3) is 0 Å². The topological polar surface area (TPSA) is 53.8 Å². The van der Waals surface area contributed by atoms with E-state index in [4.69, 9.17) is 0 Å². The number of phenols is 1. The summed E-state index contributed by atoms with van der Waals surface area (Å²) in [5.74, 6) is 1.56. The number of fused-ring (bicyclic) bond motifs is 1. The smallest absolute Gasteiger partial charge is 0.155 e. The molecule has 21 heavy (non-hydrogen) atoms. The lowest BCUT2D eigenvalue weighted by molar-refractivity contribution is 0.474. The van der Waals surface area contributed by atoms with Gasteiger partial charge < -0.3 is 14.7 Å². The third-order valence-corrected chi connectivity index (χ3v) is 4.03. The van der Waals surface area contributed by atoms with Crippen LogP contribution in [0.5, 0.6) is 5.75 Å². The van der Waals surface area contributed by atoms with E-state index in [0.29, 0.717) is 11.4 Å². The lowest BCUT2D eigenvalue weighted by Crippen LogP contribution is -1.90. The SMILES string of the molecule is CCc1ccc2[nH]c(-c3cc(C(C)C)cn3C)nc2c1O. The monoisotopic (exact) mass is 283 g/mol. The fourth-order valence-corrected chi connectivity index (χ4v) is 2.65. The molecule has 4 nitrogen and oxygen atoms in total. The first-order chi connectivity index (χ1) is 10.0. The van der Waals surface area contributed by atoms with Gasteiger partial charge in [0, 0.05) is 13.2 Å². The van der Waals surface area contributed by atoms with Crippen LogP contribution >= 0.6 is 0 Å². The van der Waals surface area contributed by atoms with Crippen LogP contribution in [0.15, 0.2) is 24.4 Å². The fourth-order valence-electron chi connectivity index (χ4n) is 2.65. The predicted molar refractivity (Wildman–Crippen MR) is 85.6 cm³/mol. The Bertz CT molecular complexity index is 796. The van der Waals surface area contributed by atoms with Gasteiger partial charge >= 0.3 is 0 Å². The van der Waals surface area contributed by atoms with Crippen molar-refractivity contribution in [3.05, 3.63) is 35.5 Å². The molecule has 2 aromatic heterocycles. The first-order valence-electron chi connectivity index (χ1n) is 7.38. The Morgan fingerprint density at radius 3 is 2.71 bits per heavy atom. The highest BCUT2D eigenvalue weighted by Crippen LogP contribution is 2.31. The number of imidazole rings is 1. The highest BCUT2D eigenvalue weighted by molar-refractivity contribution is 5.85. The minimum atomic E-state index is 0.288. The standard InChI is InChI=1S/C17H21N3O/c1-5-11-6-7-13-15(16(11)21)19-17(18-13)14-8-12(10(2)3)9-20(14)4/h6-10,21H,5H2,1-4H3,(H,18,19). The molecule has 2 heterocycles. The summed E-state index contributed by atoms with van der Waals surface area (Å²) in [7, 11) is 2.02. The van der Waals surface area contributed by atoms with E-state index < -0.39 is 0 Å². The van der Waals surface area contributed by atoms with Crippen LogP contribution in [0.3, 0.4) is 0 Å². The van der Waals surface area contributed by atoms with E-state index in [0.717, 1.165) is 29.0 Å². The van der Waals surface area contributed by atoms with Gasteiger partial charge in [0.15, 0.2) is 5.82 Å². The maximum atomic E-state index is 10.3. The average Bonchev–Trinajstić information content (AvgIpc) is 3.03. The highest BCUT2D eigenvalue weighted by Gasteiger charge is 2.14. The van der Waals surface area contributed by atoms with Gasteiger partial charge in [-0.3, -0.25) is 0 Å². The number of nitrogens with one attached hydrogen (secondary N) is 1. The number of H-pyrrole nitrogens is 1. The number of aromatic nitrogens is 3. The van der Waals surface area contributed by atoms with Gasteiger partial charge in [0.1, 0.15) is 11.3 Å². The summed E-state index contributed by atoms with van der Waals surface area (Å²) in [5, 5.41) is 10.3. The molecule has 0 aliphatic carbocycles. The van der Waals surface area contributed by atoms with Crippen molar-refractivity contribution in [2.24, 2.45) is 7.05 Å². The maximum Gasteiger partial charge on any atom is 0.155 e. The van der Waals surface area contributed by atoms with E-state index in [2.05, 4.69) is 40.6 Å². The largest absolute Gasteiger partial charge is 0.505 e. The zero-order chi connectivity index (χ0) is 15.1. The summed E-state index contributed by atoms with van der Waals surface area (Å²) in [5.41, 5.74) is 4.76. The number of benzene rings is 1. The van der Waals surface area contributed by atoms with Crippen LogP contribution in [0.4, 0.5) is 0 Å². The van der Waals surface area contributed by atoms with Crippen molar-refractivity contribution in [1.29, 1.82) is 0 Å². The maximum absolute atomic E-state index is 10.3. The minimum Gasteiger partial charge on any atom is -0.505 e. The molecule has 0 bridgehead atoms. The summed E-state index contributed by atoms with van der Waals surface area (Å²) in [6.45, 7) is 6.38. The van der Waals surface area contributed by atoms with Crippen LogP contribution in [0.1, 0.15) is 37.8 Å². The number of hydrogen-bond acceptors (Lipinski definition) is 2. The van der Waals surface area contributed by atoms with Crippen molar-refractivity contribution in [3.8, 4) is 17.3 Å². The van der Waals surface area contributed by atoms with Crippen molar-refractivity contribution in [1.82, 2.24) is 14.5 Å². The van der Waals surface area contributed by atoms with Gasteiger partial charge in [-0.1, -0.05) is 26.8 Å². The Kier molecular flexibility index (Phi) is 3.24. The number of aryl methyl sites for hydroxylation is 2. The number of hydrogen-bond donors (Lipinski definition) is 2. The van der Waals surface area contributed by atoms with Crippen molar-refractivity contribution in [2.75, 3.05) is 0 Å². The van der Waals surface area contributed by atoms with Crippen LogP contribution in [-0.2, 0) is 13.5 Å². The summed E-state index contributed by atoms with van der Waals surface area (Å²) in [4.78, 5) is 7.90. The molecule has 0 aliphatic heterocycles. The second kappa shape index (κ2) is 4.95. The number of aromatic amines is 1. The highest BCUT2D eigenvalue weighted by atomic mass is 16.3. The zero-order valence-corrected chi connectivity index (χ0v) is 12.9. The van der Waals surface area contributed by atoms with Gasteiger partial charge in [-0.05, 0) is 35.6 Å². The number of phenolic OH excluding ortho intramolecular Hbond substituents is 1. The molecule has 0 atom stereocenters. The Morgan fingerprint density at radius 2 is 2.10 bits per heavy atom. The summed E-state index contributed by atoms with van der Waals surface area (Å²) < 4.78 is 2.07. The lowest BCUT2D eigenvalue weighted by atomic mass is 10.1. The molecule has 0 fully saturated rings. The number of rotatable bonds is 3. The molecule has 0 saturated carbocycles. The third kappa shape index (κ3) is 2.20. The summed E-state index contributed by atoms with van der Waals surface area (Å²) in [6, 6.07) is 6.08. The van der Waals surface area contributed by atoms with E-state index in [1.54, 1.807) is 0 Å². The van der Waals surface area contributed by atoms with Crippen molar-refractivity contribution in [2.45, 2.75) is 33.1 Å². The second-order valence-electron chi connectivity index (χ2n) is 5.83. The predicted octanol–water partition coefficient (Wildman–Crippen LogP) is 3.96. The molecule has 0 saturated heterocycles. The Hall–Kier alpha value is -2.23. The molecule has 3 rings (SSSR count). The molecule has 0 radical (unpaired) electrons. The molecule has 4 heteroatoms. The van der Waals surface area contributed by atoms with Gasteiger partial charge in [-0.2, -0.15) is 0 Å². The molecule has 3 aromatic rings. The number of aromatic hydroxyl groups is 1. The van der Waals surface area contributed by atoms with E-state index in [1.807, 2.05) is 26.1 Å². The Labute approximate surface area is 124 Å². The van der Waals surface area contributed by atoms with Crippen molar-refractivity contribution in [3.63, 3.8) is 0 Å². The Balaban J connectivity index is 2.15. The van der Waals surface area contributed by atoms with E-state index in [9.17, 15) is 5.11 Å². The second-order valence-corrected chi connectivity index (χ2v) is 5.83. The number of nitrogens with zero attached hydrogens (tertiary/aromatic N) is 2. The zero-order valence-electron chi connectivity index (χ0n) is 12.9. The first-order valence-corrected chi connectivity index (χ1v) is 7.38. The Morgan fingerprint density at radius 1 is 1.33 bits per heavy atom. The van der Waals surface area contributed by atoms with E-state index >= 15 is 0 Å². The molecule has 1 aromatic carbocycles. The fraction of sp³-hybridized carbons (Fsp3) is 0.353. The van der Waals surface area contributed by atoms with Crippen molar-refractivity contribution < 1.29 is 5.11 Å². The lowest BCUT2D eigenvalue weighted by Gasteiger charge is -2.00. The quantitative estimate of drug-likeness (QED) is 0.764. The molecular formula is C17H21N3O. The molecule has 110 valence electrons. The third-order valence-electron chi connectivity index (χ3n) is 4.03. The van der Waals surface area contributed by atoms with Crippen molar-refractivity contribution >= 4 is 11.0 Å². The summed E-state index contributed by atoms with van der Waals surface area (Å²) >= 11 is 0. The molecule has 0 spiro atoms. The van der Waals surface area contributed by atoms with Crippen LogP contribution < -0.4 is 0 Å². The normalized spacial score (nSPS) is 11.7. The average molecular weight is 283 g/mol. The van der Waals surface area contributed by atoms with Gasteiger partial charge in [0.05, 0.1) is 11.2 Å². The van der Waals surface area contributed by atoms with E-state index in [1.165, 1.54) is 5.56 Å². The van der Waals surface area contributed by atoms with Crippen LogP contribution in [0.2, 0.25) is 0 Å².